The molecule has 1 unspecified atom stereocenters. The van der Waals surface area contributed by atoms with Gasteiger partial charge in [-0.1, -0.05) is 0 Å². The van der Waals surface area contributed by atoms with Crippen LogP contribution in [0.15, 0.2) is 81.7 Å². The Morgan fingerprint density at radius 1 is 0.875 bits per heavy atom. The summed E-state index contributed by atoms with van der Waals surface area (Å²) in [6, 6.07) is 22.3. The molecule has 0 saturated heterocycles. The van der Waals surface area contributed by atoms with Crippen molar-refractivity contribution in [3.8, 4) is 0 Å². The Bertz CT molecular complexity index is 656. The van der Waals surface area contributed by atoms with Crippen molar-refractivity contribution in [1.29, 1.82) is 0 Å². The average Bonchev–Trinajstić information content (AvgIpc) is 3.12. The number of hydrogen-bond acceptors (Lipinski definition) is 0. The molecular weight excluding hydrogens is 367 g/mol. The fraction of sp³-hybridized carbons (Fsp3) is 0.304. The van der Waals surface area contributed by atoms with Gasteiger partial charge in [0, 0.05) is 0 Å². The summed E-state index contributed by atoms with van der Waals surface area (Å²) < 4.78 is 4.52. The average molecular weight is 395 g/mol. The molecule has 2 aromatic carbocycles. The maximum atomic E-state index is 2.43. The fourth-order valence-corrected chi connectivity index (χ4v) is 11.3. The van der Waals surface area contributed by atoms with Crippen molar-refractivity contribution in [3.05, 3.63) is 92.8 Å². The molecule has 0 N–H and O–H groups in total. The van der Waals surface area contributed by atoms with Crippen molar-refractivity contribution < 1.29 is 21.8 Å². The summed E-state index contributed by atoms with van der Waals surface area (Å²) in [5.41, 5.74) is 4.75. The van der Waals surface area contributed by atoms with E-state index >= 15 is 0 Å². The van der Waals surface area contributed by atoms with Gasteiger partial charge in [-0.3, -0.25) is 0 Å². The van der Waals surface area contributed by atoms with E-state index in [1.54, 1.807) is 5.57 Å². The van der Waals surface area contributed by atoms with Crippen molar-refractivity contribution in [3.63, 3.8) is 0 Å². The van der Waals surface area contributed by atoms with Crippen molar-refractivity contribution in [2.45, 2.75) is 34.9 Å². The fourth-order valence-electron chi connectivity index (χ4n) is 3.51. The van der Waals surface area contributed by atoms with E-state index in [1.165, 1.54) is 32.2 Å². The van der Waals surface area contributed by atoms with E-state index < -0.39 is 21.8 Å². The molecule has 0 aromatic heterocycles. The van der Waals surface area contributed by atoms with Gasteiger partial charge >= 0.3 is 155 Å². The second kappa shape index (κ2) is 8.77. The van der Waals surface area contributed by atoms with E-state index in [0.29, 0.717) is 5.92 Å². The summed E-state index contributed by atoms with van der Waals surface area (Å²) in [4.78, 5) is 0. The molecule has 0 bridgehead atoms. The molecule has 0 radical (unpaired) electrons. The quantitative estimate of drug-likeness (QED) is 0.519. The summed E-state index contributed by atoms with van der Waals surface area (Å²) in [5.74, 6) is 0.709. The van der Waals surface area contributed by atoms with Crippen LogP contribution in [0, 0.1) is 5.92 Å². The summed E-state index contributed by atoms with van der Waals surface area (Å²) >= 11 is -1.73. The van der Waals surface area contributed by atoms with E-state index in [-0.39, 0.29) is 0 Å². The van der Waals surface area contributed by atoms with Crippen molar-refractivity contribution in [1.82, 2.24) is 0 Å². The second-order valence-electron chi connectivity index (χ2n) is 6.78. The van der Waals surface area contributed by atoms with Crippen LogP contribution in [0.3, 0.4) is 0 Å². The first-order valence-corrected chi connectivity index (χ1v) is 13.8. The molecule has 3 rings (SSSR count). The first kappa shape index (κ1) is 17.6. The van der Waals surface area contributed by atoms with E-state index in [0.717, 1.165) is 0 Å². The van der Waals surface area contributed by atoms with E-state index in [1.807, 2.05) is 3.28 Å². The van der Waals surface area contributed by atoms with Crippen LogP contribution in [0.1, 0.15) is 37.8 Å². The third-order valence-corrected chi connectivity index (χ3v) is 12.5. The standard InChI is InChI=1S/C9H13.2C7H7.Zr/c1-3-8(2)9-6-4-5-7-9;2*1-7-5-3-2-4-6-7;/h4,6,8H,3,5H2,1-2H3;2*2-6H,1H2;. The molecule has 0 nitrogen and oxygen atoms in total. The van der Waals surface area contributed by atoms with Gasteiger partial charge < -0.3 is 0 Å². The topological polar surface area (TPSA) is 0 Å². The van der Waals surface area contributed by atoms with Crippen LogP contribution in [-0.2, 0) is 30.0 Å². The third-order valence-electron chi connectivity index (χ3n) is 5.06. The molecule has 0 aliphatic heterocycles. The zero-order chi connectivity index (χ0) is 16.8. The van der Waals surface area contributed by atoms with Crippen LogP contribution in [0.4, 0.5) is 0 Å². The Kier molecular flexibility index (Phi) is 6.44. The minimum absolute atomic E-state index is 0.709. The first-order chi connectivity index (χ1) is 11.8. The molecule has 1 aliphatic carbocycles. The van der Waals surface area contributed by atoms with Crippen LogP contribution < -0.4 is 0 Å². The Labute approximate surface area is 155 Å². The zero-order valence-electron chi connectivity index (χ0n) is 14.8. The van der Waals surface area contributed by atoms with Gasteiger partial charge in [0.1, 0.15) is 0 Å². The summed E-state index contributed by atoms with van der Waals surface area (Å²) in [6.07, 6.45) is 7.30. The van der Waals surface area contributed by atoms with Crippen LogP contribution in [0.2, 0.25) is 0 Å². The molecule has 0 amide bonds. The van der Waals surface area contributed by atoms with Gasteiger partial charge in [0.05, 0.1) is 0 Å². The number of rotatable bonds is 7. The predicted octanol–water partition coefficient (Wildman–Crippen LogP) is 6.27. The minimum atomic E-state index is -1.73. The number of hydrogen-bond donors (Lipinski definition) is 0. The van der Waals surface area contributed by atoms with Crippen molar-refractivity contribution in [2.24, 2.45) is 5.92 Å². The Morgan fingerprint density at radius 2 is 1.42 bits per heavy atom. The van der Waals surface area contributed by atoms with Gasteiger partial charge in [-0.25, -0.2) is 0 Å². The molecular formula is C23H27Zr. The monoisotopic (exact) mass is 393 g/mol. The SMILES string of the molecule is CCC(C)C1=[C]([Zr]([CH2]c2ccccc2)[CH2]c2ccccc2)CC=C1. The van der Waals surface area contributed by atoms with Crippen LogP contribution in [-0.4, -0.2) is 0 Å². The van der Waals surface area contributed by atoms with Gasteiger partial charge in [0.2, 0.25) is 0 Å². The normalized spacial score (nSPS) is 14.9. The van der Waals surface area contributed by atoms with Gasteiger partial charge in [0.15, 0.2) is 0 Å². The summed E-state index contributed by atoms with van der Waals surface area (Å²) in [7, 11) is 0. The van der Waals surface area contributed by atoms with Crippen molar-refractivity contribution >= 4 is 0 Å². The Hall–Kier alpha value is -1.20. The first-order valence-electron chi connectivity index (χ1n) is 9.10. The van der Waals surface area contributed by atoms with Gasteiger partial charge in [-0.2, -0.15) is 0 Å². The predicted molar refractivity (Wildman–Crippen MR) is 101 cm³/mol. The second-order valence-corrected chi connectivity index (χ2v) is 13.0. The Balaban J connectivity index is 1.89. The molecule has 1 aliphatic rings. The van der Waals surface area contributed by atoms with Crippen LogP contribution >= 0.6 is 0 Å². The van der Waals surface area contributed by atoms with Crippen LogP contribution in [0.5, 0.6) is 0 Å². The van der Waals surface area contributed by atoms with Gasteiger partial charge in [-0.15, -0.1) is 0 Å². The third kappa shape index (κ3) is 4.45. The van der Waals surface area contributed by atoms with Gasteiger partial charge in [0.25, 0.3) is 0 Å². The van der Waals surface area contributed by atoms with E-state index in [4.69, 9.17) is 0 Å². The molecule has 1 heteroatoms. The molecule has 1 atom stereocenters. The van der Waals surface area contributed by atoms with Gasteiger partial charge in [-0.05, 0) is 0 Å². The molecule has 0 saturated carbocycles. The maximum absolute atomic E-state index is 2.43. The van der Waals surface area contributed by atoms with E-state index in [9.17, 15) is 0 Å². The summed E-state index contributed by atoms with van der Waals surface area (Å²) in [6.45, 7) is 4.72. The Morgan fingerprint density at radius 3 is 1.92 bits per heavy atom. The van der Waals surface area contributed by atoms with Crippen LogP contribution in [0.25, 0.3) is 0 Å². The number of allylic oxidation sites excluding steroid dienone is 4. The van der Waals surface area contributed by atoms with Crippen molar-refractivity contribution in [2.75, 3.05) is 0 Å². The molecule has 24 heavy (non-hydrogen) atoms. The molecule has 123 valence electrons. The number of benzene rings is 2. The summed E-state index contributed by atoms with van der Waals surface area (Å²) in [5, 5.41) is 0. The molecule has 0 spiro atoms. The molecule has 2 aromatic rings. The molecule has 0 heterocycles. The zero-order valence-corrected chi connectivity index (χ0v) is 17.3. The molecule has 0 fully saturated rings. The van der Waals surface area contributed by atoms with E-state index in [2.05, 4.69) is 86.7 Å².